The maximum Gasteiger partial charge on any atom is 0.469 e. The smallest absolute Gasteiger partial charge is 0.449 e. The Hall–Kier alpha value is -1.38. The molecule has 0 bridgehead atoms. The molecular weight excluding hydrogens is 210 g/mol. The van der Waals surface area contributed by atoms with Crippen LogP contribution in [0.4, 0.5) is 4.79 Å². The molecule has 0 aromatic heterocycles. The van der Waals surface area contributed by atoms with E-state index in [0.29, 0.717) is 0 Å². The molecule has 0 aliphatic heterocycles. The Morgan fingerprint density at radius 3 is 2.40 bits per heavy atom. The third-order valence-electron chi connectivity index (χ3n) is 1.13. The Morgan fingerprint density at radius 2 is 1.93 bits per heavy atom. The summed E-state index contributed by atoms with van der Waals surface area (Å²) in [5, 5.41) is 8.61. The summed E-state index contributed by atoms with van der Waals surface area (Å²) in [7, 11) is 2.52. The molecule has 0 radical (unpaired) electrons. The fourth-order valence-electron chi connectivity index (χ4n) is 0.516. The van der Waals surface area contributed by atoms with Crippen LogP contribution in [0.5, 0.6) is 0 Å². The lowest BCUT2D eigenvalue weighted by molar-refractivity contribution is -0.318. The van der Waals surface area contributed by atoms with Crippen LogP contribution in [0.15, 0.2) is 0 Å². The van der Waals surface area contributed by atoms with Crippen molar-refractivity contribution >= 4 is 12.1 Å². The molecule has 0 aliphatic rings. The molecule has 0 aromatic carbocycles. The number of hydrogen-bond donors (Lipinski definition) is 1. The molecule has 0 saturated carbocycles. The lowest BCUT2D eigenvalue weighted by Crippen LogP contribution is -2.35. The van der Waals surface area contributed by atoms with Gasteiger partial charge < -0.3 is 19.4 Å². The average molecular weight is 223 g/mol. The van der Waals surface area contributed by atoms with E-state index in [1.807, 2.05) is 0 Å². The summed E-state index contributed by atoms with van der Waals surface area (Å²) < 4.78 is 8.89. The van der Waals surface area contributed by atoms with Crippen LogP contribution < -0.4 is 0 Å². The van der Waals surface area contributed by atoms with Crippen molar-refractivity contribution in [3.63, 3.8) is 0 Å². The molecule has 0 unspecified atom stereocenters. The molecule has 8 heteroatoms. The first-order valence-electron chi connectivity index (χ1n) is 3.97. The highest BCUT2D eigenvalue weighted by molar-refractivity contribution is 5.73. The largest absolute Gasteiger partial charge is 0.469 e. The van der Waals surface area contributed by atoms with Gasteiger partial charge >= 0.3 is 12.1 Å². The lowest BCUT2D eigenvalue weighted by Gasteiger charge is -2.17. The number of hydrogen-bond acceptors (Lipinski definition) is 7. The van der Waals surface area contributed by atoms with Crippen LogP contribution in [-0.2, 0) is 23.9 Å². The topological polar surface area (TPSA) is 94.5 Å². The van der Waals surface area contributed by atoms with Crippen LogP contribution >= 0.6 is 0 Å². The van der Waals surface area contributed by atoms with Crippen molar-refractivity contribution in [2.24, 2.45) is 0 Å². The molecular formula is C7H13NO7. The normalized spacial score (nSPS) is 9.53. The van der Waals surface area contributed by atoms with Crippen LogP contribution in [-0.4, -0.2) is 56.4 Å². The molecule has 1 N–H and O–H groups in total. The zero-order valence-electron chi connectivity index (χ0n) is 8.47. The predicted octanol–water partition coefficient (Wildman–Crippen LogP) is -0.917. The van der Waals surface area contributed by atoms with Crippen molar-refractivity contribution < 1.29 is 33.8 Å². The van der Waals surface area contributed by atoms with Crippen molar-refractivity contribution in [1.82, 2.24) is 5.23 Å². The second-order valence-electron chi connectivity index (χ2n) is 2.17. The summed E-state index contributed by atoms with van der Waals surface area (Å²) in [6.45, 7) is -0.685. The maximum atomic E-state index is 10.9. The number of rotatable bonds is 5. The zero-order valence-corrected chi connectivity index (χ0v) is 8.47. The van der Waals surface area contributed by atoms with Gasteiger partial charge in [0.15, 0.2) is 0 Å². The summed E-state index contributed by atoms with van der Waals surface area (Å²) in [5.74, 6) is -1.04. The Labute approximate surface area is 86.2 Å². The molecule has 0 rings (SSSR count). The molecule has 0 heterocycles. The van der Waals surface area contributed by atoms with Gasteiger partial charge in [0.05, 0.1) is 13.7 Å². The molecule has 0 saturated heterocycles. The molecule has 8 nitrogen and oxygen atoms in total. The molecule has 15 heavy (non-hydrogen) atoms. The number of carbonyl (C=O) groups is 2. The third-order valence-corrected chi connectivity index (χ3v) is 1.13. The molecule has 1 amide bonds. The molecule has 0 spiro atoms. The first-order valence-corrected chi connectivity index (χ1v) is 3.97. The number of hydroxylamine groups is 2. The number of nitrogens with zero attached hydrogens (tertiary/aromatic N) is 1. The van der Waals surface area contributed by atoms with Crippen molar-refractivity contribution in [2.45, 2.75) is 0 Å². The van der Waals surface area contributed by atoms with Gasteiger partial charge in [-0.15, -0.1) is 0 Å². The standard InChI is InChI=1S/C7H13NO7/c1-12-3-4-14-8(7(11)13-2)15-6(10)5-9/h9H,3-5H2,1-2H3. The van der Waals surface area contributed by atoms with Gasteiger partial charge in [-0.2, -0.15) is 0 Å². The van der Waals surface area contributed by atoms with E-state index in [4.69, 9.17) is 5.11 Å². The average Bonchev–Trinajstić information content (AvgIpc) is 2.26. The van der Waals surface area contributed by atoms with Crippen molar-refractivity contribution in [3.05, 3.63) is 0 Å². The van der Waals surface area contributed by atoms with E-state index in [1.54, 1.807) is 0 Å². The van der Waals surface area contributed by atoms with E-state index < -0.39 is 18.7 Å². The first-order chi connectivity index (χ1) is 7.15. The van der Waals surface area contributed by atoms with Crippen LogP contribution in [0, 0.1) is 0 Å². The highest BCUT2D eigenvalue weighted by atomic mass is 17.0. The second kappa shape index (κ2) is 7.97. The van der Waals surface area contributed by atoms with Crippen LogP contribution in [0.1, 0.15) is 0 Å². The third kappa shape index (κ3) is 5.83. The Bertz CT molecular complexity index is 208. The number of aliphatic hydroxyl groups is 1. The van der Waals surface area contributed by atoms with Gasteiger partial charge in [0, 0.05) is 12.3 Å². The first kappa shape index (κ1) is 13.6. The lowest BCUT2D eigenvalue weighted by atomic mass is 10.8. The van der Waals surface area contributed by atoms with E-state index in [1.165, 1.54) is 7.11 Å². The summed E-state index contributed by atoms with van der Waals surface area (Å²) in [6.07, 6.45) is -1.02. The van der Waals surface area contributed by atoms with Gasteiger partial charge in [-0.05, 0) is 0 Å². The zero-order chi connectivity index (χ0) is 11.7. The van der Waals surface area contributed by atoms with Crippen molar-refractivity contribution in [2.75, 3.05) is 34.0 Å². The van der Waals surface area contributed by atoms with E-state index in [-0.39, 0.29) is 18.4 Å². The number of aliphatic hydroxyl groups excluding tert-OH is 1. The minimum absolute atomic E-state index is 0.00961. The number of ether oxygens (including phenoxy) is 2. The SMILES string of the molecule is COCCON(OC(=O)CO)C(=O)OC. The highest BCUT2D eigenvalue weighted by Gasteiger charge is 2.20. The van der Waals surface area contributed by atoms with Gasteiger partial charge in [0.1, 0.15) is 13.2 Å². The second-order valence-corrected chi connectivity index (χ2v) is 2.17. The minimum atomic E-state index is -1.04. The van der Waals surface area contributed by atoms with Crippen LogP contribution in [0.3, 0.4) is 0 Å². The predicted molar refractivity (Wildman–Crippen MR) is 45.2 cm³/mol. The Balaban J connectivity index is 4.06. The minimum Gasteiger partial charge on any atom is -0.449 e. The molecule has 88 valence electrons. The quantitative estimate of drug-likeness (QED) is 0.476. The fourth-order valence-corrected chi connectivity index (χ4v) is 0.516. The van der Waals surface area contributed by atoms with Gasteiger partial charge in [0.25, 0.3) is 0 Å². The van der Waals surface area contributed by atoms with Gasteiger partial charge in [-0.1, -0.05) is 0 Å². The molecule has 0 aliphatic carbocycles. The summed E-state index contributed by atoms with van der Waals surface area (Å²) in [4.78, 5) is 30.6. The summed E-state index contributed by atoms with van der Waals surface area (Å²) in [6, 6.07) is 0. The van der Waals surface area contributed by atoms with E-state index >= 15 is 0 Å². The summed E-state index contributed by atoms with van der Waals surface area (Å²) >= 11 is 0. The van der Waals surface area contributed by atoms with E-state index in [2.05, 4.69) is 19.1 Å². The monoisotopic (exact) mass is 223 g/mol. The van der Waals surface area contributed by atoms with Crippen LogP contribution in [0.25, 0.3) is 0 Å². The van der Waals surface area contributed by atoms with Gasteiger partial charge in [0.2, 0.25) is 0 Å². The Morgan fingerprint density at radius 1 is 1.27 bits per heavy atom. The van der Waals surface area contributed by atoms with E-state index in [9.17, 15) is 9.59 Å². The molecule has 0 atom stereocenters. The highest BCUT2D eigenvalue weighted by Crippen LogP contribution is 1.97. The van der Waals surface area contributed by atoms with Crippen molar-refractivity contribution in [3.8, 4) is 0 Å². The van der Waals surface area contributed by atoms with Gasteiger partial charge in [-0.25, -0.2) is 14.4 Å². The maximum absolute atomic E-state index is 10.9. The number of methoxy groups -OCH3 is 2. The Kier molecular flexibility index (Phi) is 7.24. The fraction of sp³-hybridized carbons (Fsp3) is 0.714. The molecule has 0 aromatic rings. The number of carbonyl (C=O) groups excluding carboxylic acids is 2. The van der Waals surface area contributed by atoms with E-state index in [0.717, 1.165) is 7.11 Å². The van der Waals surface area contributed by atoms with Crippen molar-refractivity contribution in [1.29, 1.82) is 0 Å². The number of amides is 1. The van der Waals surface area contributed by atoms with Crippen LogP contribution in [0.2, 0.25) is 0 Å². The summed E-state index contributed by atoms with van der Waals surface area (Å²) in [5.41, 5.74) is 0. The molecule has 0 fully saturated rings. The van der Waals surface area contributed by atoms with Gasteiger partial charge in [-0.3, -0.25) is 0 Å².